The smallest absolute Gasteiger partial charge is 0.0470 e. The molecule has 15 heavy (non-hydrogen) atoms. The molecule has 90 valence electrons. The third-order valence-electron chi connectivity index (χ3n) is 4.23. The lowest BCUT2D eigenvalue weighted by Gasteiger charge is -2.43. The zero-order chi connectivity index (χ0) is 11.6. The minimum absolute atomic E-state index is 0.207. The number of rotatable bonds is 4. The fraction of sp³-hybridized carbons (Fsp3) is 1.00. The molecule has 0 bridgehead atoms. The molecule has 2 N–H and O–H groups in total. The summed E-state index contributed by atoms with van der Waals surface area (Å²) in [5, 5.41) is 0. The Morgan fingerprint density at radius 3 is 2.33 bits per heavy atom. The monoisotopic (exact) mass is 213 g/mol. The molecule has 3 nitrogen and oxygen atoms in total. The second kappa shape index (κ2) is 4.81. The van der Waals surface area contributed by atoms with Crippen LogP contribution in [-0.2, 0) is 0 Å². The average Bonchev–Trinajstić information content (AvgIpc) is 2.59. The van der Waals surface area contributed by atoms with E-state index in [1.807, 2.05) is 0 Å². The van der Waals surface area contributed by atoms with Gasteiger partial charge in [0.05, 0.1) is 0 Å². The van der Waals surface area contributed by atoms with Crippen LogP contribution in [0.3, 0.4) is 0 Å². The summed E-state index contributed by atoms with van der Waals surface area (Å²) in [6, 6.07) is 0.597. The van der Waals surface area contributed by atoms with Gasteiger partial charge in [-0.05, 0) is 39.9 Å². The number of nitrogens with zero attached hydrogens (tertiary/aromatic N) is 2. The zero-order valence-electron chi connectivity index (χ0n) is 11.0. The van der Waals surface area contributed by atoms with Crippen LogP contribution >= 0.6 is 0 Å². The molecule has 3 heteroatoms. The van der Waals surface area contributed by atoms with Gasteiger partial charge in [0.15, 0.2) is 0 Å². The zero-order valence-corrected chi connectivity index (χ0v) is 11.0. The maximum atomic E-state index is 6.00. The van der Waals surface area contributed by atoms with Gasteiger partial charge in [-0.15, -0.1) is 0 Å². The van der Waals surface area contributed by atoms with Crippen LogP contribution < -0.4 is 5.73 Å². The summed E-state index contributed by atoms with van der Waals surface area (Å²) in [4.78, 5) is 4.89. The largest absolute Gasteiger partial charge is 0.329 e. The molecule has 2 atom stereocenters. The van der Waals surface area contributed by atoms with Crippen molar-refractivity contribution >= 4 is 0 Å². The first-order chi connectivity index (χ1) is 6.93. The number of hydrogen-bond acceptors (Lipinski definition) is 3. The second-order valence-corrected chi connectivity index (χ2v) is 5.51. The maximum absolute atomic E-state index is 6.00. The molecule has 1 aliphatic rings. The molecule has 0 radical (unpaired) electrons. The summed E-state index contributed by atoms with van der Waals surface area (Å²) in [7, 11) is 4.42. The highest BCUT2D eigenvalue weighted by atomic mass is 15.3. The summed E-state index contributed by atoms with van der Waals surface area (Å²) in [6.45, 7) is 9.92. The van der Waals surface area contributed by atoms with Crippen molar-refractivity contribution in [1.29, 1.82) is 0 Å². The Bertz CT molecular complexity index is 205. The van der Waals surface area contributed by atoms with Crippen molar-refractivity contribution in [3.63, 3.8) is 0 Å². The number of hydrogen-bond donors (Lipinski definition) is 1. The molecule has 2 unspecified atom stereocenters. The number of likely N-dealkylation sites (tertiary alicyclic amines) is 1. The lowest BCUT2D eigenvalue weighted by Crippen LogP contribution is -2.57. The Hall–Kier alpha value is -0.120. The summed E-state index contributed by atoms with van der Waals surface area (Å²) < 4.78 is 0. The van der Waals surface area contributed by atoms with Crippen molar-refractivity contribution in [3.05, 3.63) is 0 Å². The molecule has 0 saturated carbocycles. The van der Waals surface area contributed by atoms with Gasteiger partial charge in [0.2, 0.25) is 0 Å². The van der Waals surface area contributed by atoms with E-state index in [9.17, 15) is 0 Å². The van der Waals surface area contributed by atoms with E-state index in [0.29, 0.717) is 12.0 Å². The van der Waals surface area contributed by atoms with Crippen LogP contribution in [-0.4, -0.2) is 55.1 Å². The van der Waals surface area contributed by atoms with E-state index in [1.165, 1.54) is 13.0 Å². The third kappa shape index (κ3) is 2.52. The van der Waals surface area contributed by atoms with Gasteiger partial charge in [-0.3, -0.25) is 4.90 Å². The van der Waals surface area contributed by atoms with Gasteiger partial charge in [0, 0.05) is 24.7 Å². The molecule has 1 rings (SSSR count). The summed E-state index contributed by atoms with van der Waals surface area (Å²) in [5.74, 6) is 0.685. The Morgan fingerprint density at radius 2 is 2.00 bits per heavy atom. The predicted octanol–water partition coefficient (Wildman–Crippen LogP) is 0.996. The van der Waals surface area contributed by atoms with E-state index in [0.717, 1.165) is 13.1 Å². The van der Waals surface area contributed by atoms with Gasteiger partial charge in [-0.1, -0.05) is 13.8 Å². The van der Waals surface area contributed by atoms with E-state index in [1.54, 1.807) is 0 Å². The highest BCUT2D eigenvalue weighted by Gasteiger charge is 2.41. The normalized spacial score (nSPS) is 30.4. The summed E-state index contributed by atoms with van der Waals surface area (Å²) in [5.41, 5.74) is 6.21. The van der Waals surface area contributed by atoms with Crippen molar-refractivity contribution < 1.29 is 0 Å². The van der Waals surface area contributed by atoms with Crippen LogP contribution in [0.2, 0.25) is 0 Å². The average molecular weight is 213 g/mol. The molecule has 0 aromatic rings. The van der Waals surface area contributed by atoms with Gasteiger partial charge in [0.1, 0.15) is 0 Å². The first kappa shape index (κ1) is 12.9. The summed E-state index contributed by atoms with van der Waals surface area (Å²) >= 11 is 0. The third-order valence-corrected chi connectivity index (χ3v) is 4.23. The topological polar surface area (TPSA) is 32.5 Å². The van der Waals surface area contributed by atoms with Gasteiger partial charge in [-0.2, -0.15) is 0 Å². The number of nitrogens with two attached hydrogens (primary N) is 1. The Kier molecular flexibility index (Phi) is 4.15. The number of likely N-dealkylation sites (N-methyl/N-ethyl adjacent to an activating group) is 2. The molecular formula is C12H27N3. The first-order valence-corrected chi connectivity index (χ1v) is 6.04. The van der Waals surface area contributed by atoms with Gasteiger partial charge in [-0.25, -0.2) is 0 Å². The fourth-order valence-corrected chi connectivity index (χ4v) is 2.54. The van der Waals surface area contributed by atoms with Crippen LogP contribution in [0, 0.1) is 5.92 Å². The Morgan fingerprint density at radius 1 is 1.40 bits per heavy atom. The quantitative estimate of drug-likeness (QED) is 0.756. The molecule has 1 saturated heterocycles. The standard InChI is InChI=1S/C12H27N3/c1-10(2)11(3)15(5)12(8-13)6-7-14(4)9-12/h10-11H,6-9,13H2,1-5H3. The second-order valence-electron chi connectivity index (χ2n) is 5.51. The highest BCUT2D eigenvalue weighted by molar-refractivity contribution is 4.99. The predicted molar refractivity (Wildman–Crippen MR) is 66.0 cm³/mol. The molecule has 0 spiro atoms. The minimum Gasteiger partial charge on any atom is -0.329 e. The fourth-order valence-electron chi connectivity index (χ4n) is 2.54. The van der Waals surface area contributed by atoms with Crippen molar-refractivity contribution in [2.24, 2.45) is 11.7 Å². The van der Waals surface area contributed by atoms with E-state index in [-0.39, 0.29) is 5.54 Å². The lowest BCUT2D eigenvalue weighted by atomic mass is 9.92. The van der Waals surface area contributed by atoms with Crippen molar-refractivity contribution in [2.75, 3.05) is 33.7 Å². The van der Waals surface area contributed by atoms with Gasteiger partial charge >= 0.3 is 0 Å². The first-order valence-electron chi connectivity index (χ1n) is 6.04. The SMILES string of the molecule is CC(C)C(C)N(C)C1(CN)CCN(C)C1. The molecule has 1 aliphatic heterocycles. The molecular weight excluding hydrogens is 186 g/mol. The molecule has 1 fully saturated rings. The molecule has 0 aliphatic carbocycles. The Labute approximate surface area is 94.6 Å². The van der Waals surface area contributed by atoms with Gasteiger partial charge in [0.25, 0.3) is 0 Å². The Balaban J connectivity index is 2.74. The van der Waals surface area contributed by atoms with Crippen LogP contribution in [0.1, 0.15) is 27.2 Å². The molecule has 1 heterocycles. The van der Waals surface area contributed by atoms with Crippen LogP contribution in [0.15, 0.2) is 0 Å². The molecule has 0 amide bonds. The van der Waals surface area contributed by atoms with E-state index < -0.39 is 0 Å². The van der Waals surface area contributed by atoms with E-state index >= 15 is 0 Å². The summed E-state index contributed by atoms with van der Waals surface area (Å²) in [6.07, 6.45) is 1.20. The van der Waals surface area contributed by atoms with Crippen molar-refractivity contribution in [3.8, 4) is 0 Å². The van der Waals surface area contributed by atoms with Crippen LogP contribution in [0.4, 0.5) is 0 Å². The van der Waals surface area contributed by atoms with E-state index in [4.69, 9.17) is 5.73 Å². The highest BCUT2D eigenvalue weighted by Crippen LogP contribution is 2.28. The molecule has 0 aromatic carbocycles. The minimum atomic E-state index is 0.207. The van der Waals surface area contributed by atoms with Crippen molar-refractivity contribution in [1.82, 2.24) is 9.80 Å². The van der Waals surface area contributed by atoms with Crippen LogP contribution in [0.5, 0.6) is 0 Å². The van der Waals surface area contributed by atoms with Crippen LogP contribution in [0.25, 0.3) is 0 Å². The molecule has 0 aromatic heterocycles. The van der Waals surface area contributed by atoms with E-state index in [2.05, 4.69) is 44.7 Å². The lowest BCUT2D eigenvalue weighted by molar-refractivity contribution is 0.0703. The van der Waals surface area contributed by atoms with Crippen molar-refractivity contribution in [2.45, 2.75) is 38.8 Å². The van der Waals surface area contributed by atoms with Gasteiger partial charge < -0.3 is 10.6 Å². The maximum Gasteiger partial charge on any atom is 0.0470 e.